The fraction of sp³-hybridized carbons (Fsp3) is 0.200. The Morgan fingerprint density at radius 3 is 2.48 bits per heavy atom. The van der Waals surface area contributed by atoms with Crippen LogP contribution in [0, 0.1) is 12.7 Å². The van der Waals surface area contributed by atoms with E-state index in [1.54, 1.807) is 38.1 Å². The van der Waals surface area contributed by atoms with E-state index in [4.69, 9.17) is 5.73 Å². The lowest BCUT2D eigenvalue weighted by Crippen LogP contribution is -2.27. The van der Waals surface area contributed by atoms with E-state index in [0.29, 0.717) is 11.3 Å². The van der Waals surface area contributed by atoms with Crippen molar-refractivity contribution >= 4 is 15.7 Å². The maximum Gasteiger partial charge on any atom is 0.241 e. The van der Waals surface area contributed by atoms with Crippen LogP contribution in [0.2, 0.25) is 0 Å². The normalized spacial score (nSPS) is 13.1. The number of benzene rings is 2. The summed E-state index contributed by atoms with van der Waals surface area (Å²) in [7, 11) is -3.77. The van der Waals surface area contributed by atoms with Crippen LogP contribution in [0.4, 0.5) is 10.1 Å². The van der Waals surface area contributed by atoms with Gasteiger partial charge in [0.05, 0.1) is 4.90 Å². The second-order valence-electron chi connectivity index (χ2n) is 4.94. The van der Waals surface area contributed by atoms with Crippen molar-refractivity contribution in [1.29, 1.82) is 0 Å². The lowest BCUT2D eigenvalue weighted by Gasteiger charge is -2.16. The zero-order chi connectivity index (χ0) is 15.6. The number of nitrogens with one attached hydrogen (secondary N) is 1. The fourth-order valence-corrected chi connectivity index (χ4v) is 3.48. The highest BCUT2D eigenvalue weighted by atomic mass is 32.2. The number of sulfonamides is 1. The average Bonchev–Trinajstić information content (AvgIpc) is 2.37. The van der Waals surface area contributed by atoms with Crippen LogP contribution < -0.4 is 10.5 Å². The predicted molar refractivity (Wildman–Crippen MR) is 80.7 cm³/mol. The molecule has 0 spiro atoms. The molecule has 0 saturated heterocycles. The molecule has 0 radical (unpaired) electrons. The maximum absolute atomic E-state index is 13.7. The lowest BCUT2D eigenvalue weighted by molar-refractivity contribution is 0.550. The zero-order valence-electron chi connectivity index (χ0n) is 11.8. The standard InChI is InChI=1S/C15H17FN2O2S/c1-10-7-12(17)9-13(8-10)21(19,20)18-11(2)14-5-3-4-6-15(14)16/h3-9,11,18H,17H2,1-2H3. The molecular formula is C15H17FN2O2S. The molecule has 6 heteroatoms. The Morgan fingerprint density at radius 2 is 1.86 bits per heavy atom. The summed E-state index contributed by atoms with van der Waals surface area (Å²) in [5.41, 5.74) is 7.08. The summed E-state index contributed by atoms with van der Waals surface area (Å²) in [6.45, 7) is 3.35. The van der Waals surface area contributed by atoms with Gasteiger partial charge in [-0.05, 0) is 43.7 Å². The highest BCUT2D eigenvalue weighted by Gasteiger charge is 2.20. The fourth-order valence-electron chi connectivity index (χ4n) is 2.12. The number of nitrogen functional groups attached to an aromatic ring is 1. The van der Waals surface area contributed by atoms with Gasteiger partial charge < -0.3 is 5.73 Å². The van der Waals surface area contributed by atoms with E-state index in [-0.39, 0.29) is 4.90 Å². The highest BCUT2D eigenvalue weighted by Crippen LogP contribution is 2.21. The van der Waals surface area contributed by atoms with Crippen molar-refractivity contribution in [2.24, 2.45) is 0 Å². The molecular weight excluding hydrogens is 291 g/mol. The Balaban J connectivity index is 2.31. The van der Waals surface area contributed by atoms with Crippen molar-refractivity contribution in [3.8, 4) is 0 Å². The Labute approximate surface area is 123 Å². The molecule has 4 nitrogen and oxygen atoms in total. The van der Waals surface area contributed by atoms with Crippen LogP contribution in [0.5, 0.6) is 0 Å². The Hall–Kier alpha value is -1.92. The number of anilines is 1. The van der Waals surface area contributed by atoms with E-state index < -0.39 is 21.9 Å². The third-order valence-electron chi connectivity index (χ3n) is 3.09. The second kappa shape index (κ2) is 5.83. The van der Waals surface area contributed by atoms with Gasteiger partial charge in [0.15, 0.2) is 0 Å². The van der Waals surface area contributed by atoms with Crippen molar-refractivity contribution < 1.29 is 12.8 Å². The molecule has 0 saturated carbocycles. The van der Waals surface area contributed by atoms with E-state index >= 15 is 0 Å². The molecule has 0 heterocycles. The monoisotopic (exact) mass is 308 g/mol. The summed E-state index contributed by atoms with van der Waals surface area (Å²) >= 11 is 0. The SMILES string of the molecule is Cc1cc(N)cc(S(=O)(=O)NC(C)c2ccccc2F)c1. The largest absolute Gasteiger partial charge is 0.399 e. The Bertz CT molecular complexity index is 740. The average molecular weight is 308 g/mol. The number of hydrogen-bond acceptors (Lipinski definition) is 3. The first kappa shape index (κ1) is 15.5. The van der Waals surface area contributed by atoms with Crippen molar-refractivity contribution in [3.05, 3.63) is 59.4 Å². The highest BCUT2D eigenvalue weighted by molar-refractivity contribution is 7.89. The lowest BCUT2D eigenvalue weighted by atomic mass is 10.1. The van der Waals surface area contributed by atoms with Crippen LogP contribution in [-0.2, 0) is 10.0 Å². The van der Waals surface area contributed by atoms with E-state index in [0.717, 1.165) is 5.56 Å². The van der Waals surface area contributed by atoms with Crippen LogP contribution in [0.25, 0.3) is 0 Å². The molecule has 0 aromatic heterocycles. The van der Waals surface area contributed by atoms with Crippen molar-refractivity contribution in [2.45, 2.75) is 24.8 Å². The summed E-state index contributed by atoms with van der Waals surface area (Å²) in [4.78, 5) is 0.0724. The Kier molecular flexibility index (Phi) is 4.29. The molecule has 0 aliphatic carbocycles. The Morgan fingerprint density at radius 1 is 1.19 bits per heavy atom. The summed E-state index contributed by atoms with van der Waals surface area (Å²) in [6.07, 6.45) is 0. The van der Waals surface area contributed by atoms with Gasteiger partial charge in [-0.3, -0.25) is 0 Å². The van der Waals surface area contributed by atoms with Crippen molar-refractivity contribution in [1.82, 2.24) is 4.72 Å². The number of rotatable bonds is 4. The molecule has 112 valence electrons. The molecule has 2 rings (SSSR count). The van der Waals surface area contributed by atoms with E-state index in [1.807, 2.05) is 0 Å². The molecule has 2 aromatic rings. The van der Waals surface area contributed by atoms with Gasteiger partial charge in [-0.2, -0.15) is 0 Å². The summed E-state index contributed by atoms with van der Waals surface area (Å²) in [6, 6.07) is 9.96. The molecule has 0 amide bonds. The van der Waals surface area contributed by atoms with Crippen LogP contribution in [0.3, 0.4) is 0 Å². The molecule has 21 heavy (non-hydrogen) atoms. The maximum atomic E-state index is 13.7. The van der Waals surface area contributed by atoms with Gasteiger partial charge in [0.25, 0.3) is 0 Å². The summed E-state index contributed by atoms with van der Waals surface area (Å²) in [5, 5.41) is 0. The molecule has 3 N–H and O–H groups in total. The van der Waals surface area contributed by atoms with Crippen LogP contribution in [-0.4, -0.2) is 8.42 Å². The quantitative estimate of drug-likeness (QED) is 0.853. The minimum Gasteiger partial charge on any atom is -0.399 e. The van der Waals surface area contributed by atoms with Gasteiger partial charge in [-0.15, -0.1) is 0 Å². The van der Waals surface area contributed by atoms with Gasteiger partial charge in [0.1, 0.15) is 5.82 Å². The number of hydrogen-bond donors (Lipinski definition) is 2. The molecule has 0 fully saturated rings. The van der Waals surface area contributed by atoms with Gasteiger partial charge >= 0.3 is 0 Å². The molecule has 0 bridgehead atoms. The van der Waals surface area contributed by atoms with Gasteiger partial charge in [0, 0.05) is 17.3 Å². The van der Waals surface area contributed by atoms with E-state index in [1.165, 1.54) is 18.2 Å². The first-order valence-corrected chi connectivity index (χ1v) is 7.92. The second-order valence-corrected chi connectivity index (χ2v) is 6.66. The smallest absolute Gasteiger partial charge is 0.241 e. The first-order valence-electron chi connectivity index (χ1n) is 6.43. The molecule has 1 unspecified atom stereocenters. The van der Waals surface area contributed by atoms with E-state index in [2.05, 4.69) is 4.72 Å². The molecule has 0 aliphatic heterocycles. The topological polar surface area (TPSA) is 72.2 Å². The van der Waals surface area contributed by atoms with Crippen molar-refractivity contribution in [3.63, 3.8) is 0 Å². The number of nitrogens with two attached hydrogens (primary N) is 1. The zero-order valence-corrected chi connectivity index (χ0v) is 12.6. The summed E-state index contributed by atoms with van der Waals surface area (Å²) in [5.74, 6) is -0.448. The van der Waals surface area contributed by atoms with Gasteiger partial charge in [-0.1, -0.05) is 18.2 Å². The first-order chi connectivity index (χ1) is 9.79. The van der Waals surface area contributed by atoms with Gasteiger partial charge in [-0.25, -0.2) is 17.5 Å². The minimum atomic E-state index is -3.77. The van der Waals surface area contributed by atoms with Crippen molar-refractivity contribution in [2.75, 3.05) is 5.73 Å². The van der Waals surface area contributed by atoms with E-state index in [9.17, 15) is 12.8 Å². The predicted octanol–water partition coefficient (Wildman–Crippen LogP) is 2.76. The molecule has 1 atom stereocenters. The molecule has 2 aromatic carbocycles. The summed E-state index contributed by atoms with van der Waals surface area (Å²) < 4.78 is 40.8. The number of halogens is 1. The number of aryl methyl sites for hydroxylation is 1. The third kappa shape index (κ3) is 3.59. The van der Waals surface area contributed by atoms with Crippen LogP contribution in [0.1, 0.15) is 24.1 Å². The van der Waals surface area contributed by atoms with Crippen LogP contribution >= 0.6 is 0 Å². The third-order valence-corrected chi connectivity index (χ3v) is 4.61. The minimum absolute atomic E-state index is 0.0724. The molecule has 0 aliphatic rings. The van der Waals surface area contributed by atoms with Crippen LogP contribution in [0.15, 0.2) is 47.4 Å². The van der Waals surface area contributed by atoms with Gasteiger partial charge in [0.2, 0.25) is 10.0 Å².